The number of benzene rings is 1. The summed E-state index contributed by atoms with van der Waals surface area (Å²) < 4.78 is 10.8. The molecule has 1 fully saturated rings. The molecule has 1 heterocycles. The van der Waals surface area contributed by atoms with E-state index in [2.05, 4.69) is 36.1 Å². The molecule has 0 N–H and O–H groups in total. The number of anilines is 1. The van der Waals surface area contributed by atoms with E-state index < -0.39 is 6.10 Å². The summed E-state index contributed by atoms with van der Waals surface area (Å²) in [7, 11) is 0. The molecule has 0 radical (unpaired) electrons. The van der Waals surface area contributed by atoms with Crippen LogP contribution in [0.15, 0.2) is 24.3 Å². The molecule has 1 atom stereocenters. The van der Waals surface area contributed by atoms with Crippen LogP contribution in [0.1, 0.15) is 26.3 Å². The van der Waals surface area contributed by atoms with Crippen molar-refractivity contribution in [1.29, 1.82) is 0 Å². The molecule has 1 unspecified atom stereocenters. The second-order valence-corrected chi connectivity index (χ2v) is 5.31. The molecule has 0 saturated carbocycles. The predicted octanol–water partition coefficient (Wildman–Crippen LogP) is 2.41. The Labute approximate surface area is 120 Å². The highest BCUT2D eigenvalue weighted by Crippen LogP contribution is 2.20. The van der Waals surface area contributed by atoms with Crippen LogP contribution < -0.4 is 4.90 Å². The van der Waals surface area contributed by atoms with Gasteiger partial charge in [0.25, 0.3) is 0 Å². The summed E-state index contributed by atoms with van der Waals surface area (Å²) in [5, 5.41) is 0. The van der Waals surface area contributed by atoms with E-state index in [1.54, 1.807) is 0 Å². The van der Waals surface area contributed by atoms with Crippen molar-refractivity contribution in [3.05, 3.63) is 29.8 Å². The first-order valence-electron chi connectivity index (χ1n) is 7.26. The Hall–Kier alpha value is -1.55. The summed E-state index contributed by atoms with van der Waals surface area (Å²) in [6, 6.07) is 8.44. The summed E-state index contributed by atoms with van der Waals surface area (Å²) >= 11 is 0. The second kappa shape index (κ2) is 6.75. The lowest BCUT2D eigenvalue weighted by Crippen LogP contribution is -2.47. The topological polar surface area (TPSA) is 38.8 Å². The van der Waals surface area contributed by atoms with Crippen LogP contribution in [0.2, 0.25) is 0 Å². The van der Waals surface area contributed by atoms with E-state index >= 15 is 0 Å². The second-order valence-electron chi connectivity index (χ2n) is 5.31. The van der Waals surface area contributed by atoms with E-state index in [0.29, 0.717) is 13.2 Å². The number of aryl methyl sites for hydroxylation is 1. The Bertz CT molecular complexity index is 459. The maximum atomic E-state index is 11.9. The lowest BCUT2D eigenvalue weighted by molar-refractivity contribution is -0.161. The van der Waals surface area contributed by atoms with Gasteiger partial charge in [-0.2, -0.15) is 0 Å². The summed E-state index contributed by atoms with van der Waals surface area (Å²) in [5.74, 6) is -0.267. The van der Waals surface area contributed by atoms with Gasteiger partial charge < -0.3 is 14.4 Å². The van der Waals surface area contributed by atoms with Crippen molar-refractivity contribution < 1.29 is 14.3 Å². The average Bonchev–Trinajstić information content (AvgIpc) is 2.47. The molecule has 0 bridgehead atoms. The van der Waals surface area contributed by atoms with E-state index in [0.717, 1.165) is 18.7 Å². The van der Waals surface area contributed by atoms with Crippen LogP contribution in [0.25, 0.3) is 0 Å². The van der Waals surface area contributed by atoms with Crippen LogP contribution in [0.4, 0.5) is 5.69 Å². The zero-order chi connectivity index (χ0) is 14.5. The van der Waals surface area contributed by atoms with Crippen molar-refractivity contribution in [3.8, 4) is 0 Å². The summed E-state index contributed by atoms with van der Waals surface area (Å²) in [5.41, 5.74) is 2.45. The third kappa shape index (κ3) is 3.73. The first kappa shape index (κ1) is 14.9. The molecule has 1 aliphatic heterocycles. The van der Waals surface area contributed by atoms with Crippen molar-refractivity contribution in [3.63, 3.8) is 0 Å². The number of esters is 1. The number of ether oxygens (including phenoxy) is 2. The minimum atomic E-state index is -0.489. The zero-order valence-electron chi connectivity index (χ0n) is 12.5. The van der Waals surface area contributed by atoms with Gasteiger partial charge >= 0.3 is 5.97 Å². The quantitative estimate of drug-likeness (QED) is 0.792. The monoisotopic (exact) mass is 277 g/mol. The van der Waals surface area contributed by atoms with Crippen LogP contribution in [-0.4, -0.2) is 37.9 Å². The fraction of sp³-hybridized carbons (Fsp3) is 0.562. The highest BCUT2D eigenvalue weighted by molar-refractivity contribution is 5.76. The molecule has 2 rings (SSSR count). The lowest BCUT2D eigenvalue weighted by atomic mass is 10.1. The molecular weight excluding hydrogens is 254 g/mol. The molecule has 1 saturated heterocycles. The lowest BCUT2D eigenvalue weighted by Gasteiger charge is -2.33. The molecule has 4 nitrogen and oxygen atoms in total. The van der Waals surface area contributed by atoms with Crippen LogP contribution in [0, 0.1) is 0 Å². The molecule has 0 aliphatic carbocycles. The number of rotatable bonds is 4. The van der Waals surface area contributed by atoms with E-state index in [1.807, 2.05) is 13.8 Å². The van der Waals surface area contributed by atoms with Gasteiger partial charge in [-0.1, -0.05) is 19.1 Å². The molecule has 110 valence electrons. The first-order valence-corrected chi connectivity index (χ1v) is 7.26. The maximum absolute atomic E-state index is 11.9. The SMILES string of the molecule is CCc1cccc(N2CCOC(C(=O)OC(C)C)C2)c1. The molecule has 0 amide bonds. The standard InChI is InChI=1S/C16H23NO3/c1-4-13-6-5-7-14(10-13)17-8-9-19-15(11-17)16(18)20-12(2)3/h5-7,10,12,15H,4,8-9,11H2,1-3H3. The largest absolute Gasteiger partial charge is 0.461 e. The fourth-order valence-corrected chi connectivity index (χ4v) is 2.31. The molecule has 1 aromatic carbocycles. The first-order chi connectivity index (χ1) is 9.60. The van der Waals surface area contributed by atoms with Gasteiger partial charge in [0.1, 0.15) is 0 Å². The molecule has 1 aromatic rings. The van der Waals surface area contributed by atoms with Crippen molar-refractivity contribution in [2.45, 2.75) is 39.4 Å². The molecule has 0 aromatic heterocycles. The average molecular weight is 277 g/mol. The number of nitrogens with zero attached hydrogens (tertiary/aromatic N) is 1. The maximum Gasteiger partial charge on any atom is 0.337 e. The van der Waals surface area contributed by atoms with Crippen LogP contribution >= 0.6 is 0 Å². The van der Waals surface area contributed by atoms with Gasteiger partial charge in [0.2, 0.25) is 0 Å². The summed E-state index contributed by atoms with van der Waals surface area (Å²) in [4.78, 5) is 14.1. The number of carbonyl (C=O) groups is 1. The smallest absolute Gasteiger partial charge is 0.337 e. The Morgan fingerprint density at radius 1 is 1.50 bits per heavy atom. The van der Waals surface area contributed by atoms with Gasteiger partial charge in [0.05, 0.1) is 19.3 Å². The van der Waals surface area contributed by atoms with Crippen LogP contribution in [0.3, 0.4) is 0 Å². The van der Waals surface area contributed by atoms with Crippen LogP contribution in [0.5, 0.6) is 0 Å². The molecule has 20 heavy (non-hydrogen) atoms. The van der Waals surface area contributed by atoms with E-state index in [1.165, 1.54) is 5.56 Å². The van der Waals surface area contributed by atoms with E-state index in [4.69, 9.17) is 9.47 Å². The molecule has 4 heteroatoms. The van der Waals surface area contributed by atoms with E-state index in [9.17, 15) is 4.79 Å². The predicted molar refractivity (Wildman–Crippen MR) is 79.0 cm³/mol. The summed E-state index contributed by atoms with van der Waals surface area (Å²) in [6.07, 6.45) is 0.415. The normalized spacial score (nSPS) is 19.2. The Balaban J connectivity index is 2.04. The third-order valence-electron chi connectivity index (χ3n) is 3.37. The number of carbonyl (C=O) groups excluding carboxylic acids is 1. The van der Waals surface area contributed by atoms with Gasteiger partial charge in [0.15, 0.2) is 6.10 Å². The summed E-state index contributed by atoms with van der Waals surface area (Å²) in [6.45, 7) is 7.75. The van der Waals surface area contributed by atoms with Gasteiger partial charge in [0, 0.05) is 12.2 Å². The zero-order valence-corrected chi connectivity index (χ0v) is 12.5. The number of morpholine rings is 1. The number of hydrogen-bond donors (Lipinski definition) is 0. The fourth-order valence-electron chi connectivity index (χ4n) is 2.31. The van der Waals surface area contributed by atoms with Crippen LogP contribution in [-0.2, 0) is 20.7 Å². The minimum Gasteiger partial charge on any atom is -0.461 e. The molecule has 1 aliphatic rings. The van der Waals surface area contributed by atoms with E-state index in [-0.39, 0.29) is 12.1 Å². The Morgan fingerprint density at radius 3 is 3.00 bits per heavy atom. The van der Waals surface area contributed by atoms with Gasteiger partial charge in [-0.25, -0.2) is 4.79 Å². The van der Waals surface area contributed by atoms with Crippen molar-refractivity contribution in [2.75, 3.05) is 24.6 Å². The van der Waals surface area contributed by atoms with Crippen molar-refractivity contribution in [2.24, 2.45) is 0 Å². The highest BCUT2D eigenvalue weighted by Gasteiger charge is 2.28. The van der Waals surface area contributed by atoms with Gasteiger partial charge in [-0.05, 0) is 38.0 Å². The van der Waals surface area contributed by atoms with Gasteiger partial charge in [-0.15, -0.1) is 0 Å². The highest BCUT2D eigenvalue weighted by atomic mass is 16.6. The van der Waals surface area contributed by atoms with Gasteiger partial charge in [-0.3, -0.25) is 0 Å². The molecule has 0 spiro atoms. The van der Waals surface area contributed by atoms with Crippen molar-refractivity contribution >= 4 is 11.7 Å². The third-order valence-corrected chi connectivity index (χ3v) is 3.37. The Kier molecular flexibility index (Phi) is 5.01. The minimum absolute atomic E-state index is 0.107. The number of hydrogen-bond acceptors (Lipinski definition) is 4. The molecular formula is C16H23NO3. The Morgan fingerprint density at radius 2 is 2.30 bits per heavy atom. The van der Waals surface area contributed by atoms with Crippen molar-refractivity contribution in [1.82, 2.24) is 0 Å².